The zero-order chi connectivity index (χ0) is 15.1. The summed E-state index contributed by atoms with van der Waals surface area (Å²) >= 11 is 1.27. The molecule has 1 aliphatic heterocycles. The Morgan fingerprint density at radius 3 is 2.71 bits per heavy atom. The van der Waals surface area contributed by atoms with Crippen molar-refractivity contribution in [3.63, 3.8) is 0 Å². The molecule has 2 heterocycles. The zero-order valence-corrected chi connectivity index (χ0v) is 13.3. The molecule has 116 valence electrons. The fourth-order valence-corrected chi connectivity index (χ4v) is 2.73. The van der Waals surface area contributed by atoms with Crippen molar-refractivity contribution in [2.24, 2.45) is 0 Å². The number of carbonyl (C=O) groups is 1. The minimum absolute atomic E-state index is 0.200. The normalized spacial score (nSPS) is 14.9. The summed E-state index contributed by atoms with van der Waals surface area (Å²) in [5, 5.41) is 3.66. The number of nitrogens with zero attached hydrogens (tertiary/aromatic N) is 4. The van der Waals surface area contributed by atoms with Gasteiger partial charge in [0.1, 0.15) is 0 Å². The predicted octanol–water partition coefficient (Wildman–Crippen LogP) is 1.56. The monoisotopic (exact) mass is 311 g/mol. The summed E-state index contributed by atoms with van der Waals surface area (Å²) in [6.45, 7) is 4.67. The predicted molar refractivity (Wildman–Crippen MR) is 82.8 cm³/mol. The van der Waals surface area contributed by atoms with Crippen LogP contribution in [-0.4, -0.2) is 53.4 Å². The third-order valence-corrected chi connectivity index (χ3v) is 3.94. The average Bonchev–Trinajstić information content (AvgIpc) is 2.53. The van der Waals surface area contributed by atoms with Crippen LogP contribution in [0.25, 0.3) is 0 Å². The Kier molecular flexibility index (Phi) is 6.04. The highest BCUT2D eigenvalue weighted by Crippen LogP contribution is 2.21. The number of piperidine rings is 1. The summed E-state index contributed by atoms with van der Waals surface area (Å²) in [5.41, 5.74) is 0. The van der Waals surface area contributed by atoms with Crippen molar-refractivity contribution in [1.82, 2.24) is 15.0 Å². The standard InChI is InChI=1S/C13H21N5O2S/c1-3-14-11-15-12(18-7-5-4-6-8-18)17-13(16-11)21-9-10(19)20-2/h3-9H2,1-2H3,(H,14,15,16,17). The number of anilines is 2. The number of aromatic nitrogens is 3. The van der Waals surface area contributed by atoms with Gasteiger partial charge in [-0.2, -0.15) is 15.0 Å². The number of methoxy groups -OCH3 is 1. The van der Waals surface area contributed by atoms with Crippen molar-refractivity contribution in [1.29, 1.82) is 0 Å². The van der Waals surface area contributed by atoms with E-state index >= 15 is 0 Å². The van der Waals surface area contributed by atoms with Gasteiger partial charge in [0.15, 0.2) is 5.16 Å². The second-order valence-electron chi connectivity index (χ2n) is 4.68. The first-order valence-electron chi connectivity index (χ1n) is 7.17. The number of carbonyl (C=O) groups excluding carboxylic acids is 1. The van der Waals surface area contributed by atoms with Crippen molar-refractivity contribution < 1.29 is 9.53 Å². The lowest BCUT2D eigenvalue weighted by atomic mass is 10.1. The molecule has 0 saturated carbocycles. The van der Waals surface area contributed by atoms with Crippen LogP contribution >= 0.6 is 11.8 Å². The molecule has 0 aromatic carbocycles. The van der Waals surface area contributed by atoms with Crippen LogP contribution in [0.15, 0.2) is 5.16 Å². The van der Waals surface area contributed by atoms with Crippen molar-refractivity contribution in [3.8, 4) is 0 Å². The highest BCUT2D eigenvalue weighted by Gasteiger charge is 2.16. The maximum atomic E-state index is 11.2. The molecule has 0 bridgehead atoms. The molecule has 1 saturated heterocycles. The molecule has 21 heavy (non-hydrogen) atoms. The molecular weight excluding hydrogens is 290 g/mol. The number of ether oxygens (including phenoxy) is 1. The molecule has 1 aromatic rings. The Morgan fingerprint density at radius 2 is 2.05 bits per heavy atom. The summed E-state index contributed by atoms with van der Waals surface area (Å²) < 4.78 is 4.64. The fourth-order valence-electron chi connectivity index (χ4n) is 2.07. The number of rotatable bonds is 6. The molecule has 1 fully saturated rings. The van der Waals surface area contributed by atoms with E-state index in [-0.39, 0.29) is 11.7 Å². The topological polar surface area (TPSA) is 80.2 Å². The van der Waals surface area contributed by atoms with Gasteiger partial charge in [-0.25, -0.2) is 0 Å². The summed E-state index contributed by atoms with van der Waals surface area (Å²) in [6.07, 6.45) is 3.57. The van der Waals surface area contributed by atoms with E-state index in [1.54, 1.807) is 0 Å². The van der Waals surface area contributed by atoms with Gasteiger partial charge < -0.3 is 15.0 Å². The Bertz CT molecular complexity index is 480. The van der Waals surface area contributed by atoms with Gasteiger partial charge in [0.25, 0.3) is 0 Å². The second-order valence-corrected chi connectivity index (χ2v) is 5.63. The van der Waals surface area contributed by atoms with Gasteiger partial charge >= 0.3 is 5.97 Å². The Hall–Kier alpha value is -1.57. The average molecular weight is 311 g/mol. The van der Waals surface area contributed by atoms with Crippen LogP contribution in [0.3, 0.4) is 0 Å². The molecule has 1 N–H and O–H groups in total. The third-order valence-electron chi connectivity index (χ3n) is 3.12. The maximum absolute atomic E-state index is 11.2. The van der Waals surface area contributed by atoms with E-state index < -0.39 is 0 Å². The summed E-state index contributed by atoms with van der Waals surface area (Å²) in [7, 11) is 1.37. The van der Waals surface area contributed by atoms with Crippen molar-refractivity contribution in [3.05, 3.63) is 0 Å². The Labute approximate surface area is 128 Å². The van der Waals surface area contributed by atoms with E-state index in [2.05, 4.69) is 29.9 Å². The van der Waals surface area contributed by atoms with E-state index in [0.29, 0.717) is 17.1 Å². The lowest BCUT2D eigenvalue weighted by Crippen LogP contribution is -2.31. The fraction of sp³-hybridized carbons (Fsp3) is 0.692. The number of hydrogen-bond donors (Lipinski definition) is 1. The van der Waals surface area contributed by atoms with Gasteiger partial charge in [-0.1, -0.05) is 11.8 Å². The van der Waals surface area contributed by atoms with E-state index in [1.165, 1.54) is 25.3 Å². The lowest BCUT2D eigenvalue weighted by Gasteiger charge is -2.26. The number of thioether (sulfide) groups is 1. The van der Waals surface area contributed by atoms with Crippen molar-refractivity contribution in [2.45, 2.75) is 31.3 Å². The number of hydrogen-bond acceptors (Lipinski definition) is 8. The van der Waals surface area contributed by atoms with Crippen LogP contribution < -0.4 is 10.2 Å². The molecule has 8 heteroatoms. The van der Waals surface area contributed by atoms with Gasteiger partial charge in [0.05, 0.1) is 12.9 Å². The summed E-state index contributed by atoms with van der Waals surface area (Å²) in [6, 6.07) is 0. The minimum Gasteiger partial charge on any atom is -0.468 e. The third kappa shape index (κ3) is 4.73. The number of nitrogens with one attached hydrogen (secondary N) is 1. The number of esters is 1. The Balaban J connectivity index is 2.14. The molecule has 0 aliphatic carbocycles. The summed E-state index contributed by atoms with van der Waals surface area (Å²) in [5.74, 6) is 1.16. The lowest BCUT2D eigenvalue weighted by molar-refractivity contribution is -0.137. The molecule has 0 unspecified atom stereocenters. The molecular formula is C13H21N5O2S. The van der Waals surface area contributed by atoms with Crippen LogP contribution in [0.2, 0.25) is 0 Å². The van der Waals surface area contributed by atoms with E-state index in [4.69, 9.17) is 0 Å². The molecule has 7 nitrogen and oxygen atoms in total. The summed E-state index contributed by atoms with van der Waals surface area (Å²) in [4.78, 5) is 26.7. The van der Waals surface area contributed by atoms with Gasteiger partial charge in [-0.05, 0) is 26.2 Å². The van der Waals surface area contributed by atoms with Crippen LogP contribution in [0.1, 0.15) is 26.2 Å². The van der Waals surface area contributed by atoms with Gasteiger partial charge in [0, 0.05) is 19.6 Å². The van der Waals surface area contributed by atoms with E-state index in [9.17, 15) is 4.79 Å². The van der Waals surface area contributed by atoms with Gasteiger partial charge in [0.2, 0.25) is 11.9 Å². The highest BCUT2D eigenvalue weighted by atomic mass is 32.2. The molecule has 0 amide bonds. The van der Waals surface area contributed by atoms with Crippen LogP contribution in [0.5, 0.6) is 0 Å². The first-order valence-corrected chi connectivity index (χ1v) is 8.16. The van der Waals surface area contributed by atoms with Crippen molar-refractivity contribution in [2.75, 3.05) is 42.7 Å². The minimum atomic E-state index is -0.287. The zero-order valence-electron chi connectivity index (χ0n) is 12.5. The van der Waals surface area contributed by atoms with Crippen LogP contribution in [0, 0.1) is 0 Å². The van der Waals surface area contributed by atoms with Gasteiger partial charge in [-0.15, -0.1) is 0 Å². The van der Waals surface area contributed by atoms with Crippen LogP contribution in [-0.2, 0) is 9.53 Å². The van der Waals surface area contributed by atoms with Crippen LogP contribution in [0.4, 0.5) is 11.9 Å². The van der Waals surface area contributed by atoms with Crippen molar-refractivity contribution >= 4 is 29.6 Å². The Morgan fingerprint density at radius 1 is 1.29 bits per heavy atom. The van der Waals surface area contributed by atoms with Gasteiger partial charge in [-0.3, -0.25) is 4.79 Å². The second kappa shape index (κ2) is 8.02. The quantitative estimate of drug-likeness (QED) is 0.626. The largest absolute Gasteiger partial charge is 0.468 e. The highest BCUT2D eigenvalue weighted by molar-refractivity contribution is 7.99. The molecule has 1 aliphatic rings. The molecule has 0 radical (unpaired) electrons. The maximum Gasteiger partial charge on any atom is 0.316 e. The molecule has 0 atom stereocenters. The smallest absolute Gasteiger partial charge is 0.316 e. The van der Waals surface area contributed by atoms with E-state index in [0.717, 1.165) is 32.5 Å². The van der Waals surface area contributed by atoms with E-state index in [1.807, 2.05) is 6.92 Å². The first-order chi connectivity index (χ1) is 10.2. The molecule has 2 rings (SSSR count). The first kappa shape index (κ1) is 15.8. The molecule has 0 spiro atoms. The SMILES string of the molecule is CCNc1nc(SCC(=O)OC)nc(N2CCCCC2)n1. The molecule has 1 aromatic heterocycles.